The maximum Gasteiger partial charge on any atom is 0.223 e. The van der Waals surface area contributed by atoms with E-state index in [1.165, 1.54) is 6.42 Å². The van der Waals surface area contributed by atoms with Crippen LogP contribution in [-0.4, -0.2) is 29.9 Å². The molecule has 142 valence electrons. The molecule has 1 rings (SSSR count). The lowest BCUT2D eigenvalue weighted by Crippen LogP contribution is -2.53. The predicted molar refractivity (Wildman–Crippen MR) is 101 cm³/mol. The van der Waals surface area contributed by atoms with Crippen molar-refractivity contribution in [3.05, 3.63) is 0 Å². The Kier molecular flexibility index (Phi) is 10.6. The number of carbonyl (C=O) groups is 2. The van der Waals surface area contributed by atoms with Crippen LogP contribution in [0.3, 0.4) is 0 Å². The lowest BCUT2D eigenvalue weighted by Gasteiger charge is -2.32. The molecule has 0 saturated heterocycles. The van der Waals surface area contributed by atoms with Crippen LogP contribution in [0.1, 0.15) is 72.6 Å². The zero-order chi connectivity index (χ0) is 17.5. The molecule has 0 aliphatic heterocycles. The zero-order valence-electron chi connectivity index (χ0n) is 15.7. The maximum atomic E-state index is 12.2. The quantitative estimate of drug-likeness (QED) is 0.621. The molecule has 1 aliphatic rings. The van der Waals surface area contributed by atoms with E-state index < -0.39 is 0 Å². The van der Waals surface area contributed by atoms with E-state index in [9.17, 15) is 9.59 Å². The normalized spacial score (nSPS) is 19.1. The van der Waals surface area contributed by atoms with Crippen LogP contribution in [0.5, 0.6) is 0 Å². The fourth-order valence-electron chi connectivity index (χ4n) is 3.53. The SMILES string of the molecule is CC(C)CC(C)(CN)NC(=O)CC(C)NC(=O)C1CCCCC1.Cl. The first-order valence-electron chi connectivity index (χ1n) is 9.07. The topological polar surface area (TPSA) is 84.2 Å². The van der Waals surface area contributed by atoms with Gasteiger partial charge in [0.15, 0.2) is 0 Å². The van der Waals surface area contributed by atoms with Crippen LogP contribution >= 0.6 is 12.4 Å². The van der Waals surface area contributed by atoms with E-state index in [2.05, 4.69) is 24.5 Å². The monoisotopic (exact) mass is 361 g/mol. The number of nitrogens with two attached hydrogens (primary N) is 1. The average Bonchev–Trinajstić information content (AvgIpc) is 2.46. The fourth-order valence-corrected chi connectivity index (χ4v) is 3.53. The number of halogens is 1. The molecular formula is C18H36ClN3O2. The highest BCUT2D eigenvalue weighted by Gasteiger charge is 2.27. The van der Waals surface area contributed by atoms with Gasteiger partial charge in [0.25, 0.3) is 0 Å². The molecule has 1 aliphatic carbocycles. The Morgan fingerprint density at radius 2 is 1.75 bits per heavy atom. The van der Waals surface area contributed by atoms with Crippen LogP contribution in [-0.2, 0) is 9.59 Å². The molecule has 0 aromatic carbocycles. The van der Waals surface area contributed by atoms with Gasteiger partial charge in [0.05, 0.1) is 0 Å². The van der Waals surface area contributed by atoms with Gasteiger partial charge in [0, 0.05) is 30.5 Å². The van der Waals surface area contributed by atoms with Crippen LogP contribution in [0.4, 0.5) is 0 Å². The molecule has 1 saturated carbocycles. The van der Waals surface area contributed by atoms with Crippen molar-refractivity contribution in [2.45, 2.75) is 84.2 Å². The lowest BCUT2D eigenvalue weighted by molar-refractivity contribution is -0.127. The molecule has 0 aromatic heterocycles. The Balaban J connectivity index is 0.00000529. The van der Waals surface area contributed by atoms with Gasteiger partial charge in [-0.15, -0.1) is 12.4 Å². The summed E-state index contributed by atoms with van der Waals surface area (Å²) in [6, 6.07) is -0.148. The molecule has 0 bridgehead atoms. The molecule has 2 unspecified atom stereocenters. The highest BCUT2D eigenvalue weighted by atomic mass is 35.5. The van der Waals surface area contributed by atoms with E-state index in [1.807, 2.05) is 13.8 Å². The third kappa shape index (κ3) is 8.34. The summed E-state index contributed by atoms with van der Waals surface area (Å²) in [4.78, 5) is 24.5. The molecule has 0 heterocycles. The standard InChI is InChI=1S/C18H35N3O2.ClH/c1-13(2)11-18(4,12-19)21-16(22)10-14(3)20-17(23)15-8-6-5-7-9-15;/h13-15H,5-12,19H2,1-4H3,(H,20,23)(H,21,22);1H. The second-order valence-corrected chi connectivity index (χ2v) is 7.86. The Morgan fingerprint density at radius 3 is 2.25 bits per heavy atom. The highest BCUT2D eigenvalue weighted by molar-refractivity contribution is 5.85. The zero-order valence-corrected chi connectivity index (χ0v) is 16.5. The average molecular weight is 362 g/mol. The number of hydrogen-bond donors (Lipinski definition) is 3. The fraction of sp³-hybridized carbons (Fsp3) is 0.889. The van der Waals surface area contributed by atoms with Gasteiger partial charge in [-0.1, -0.05) is 33.1 Å². The third-order valence-corrected chi connectivity index (χ3v) is 4.61. The molecule has 2 atom stereocenters. The Hall–Kier alpha value is -0.810. The summed E-state index contributed by atoms with van der Waals surface area (Å²) in [5.74, 6) is 0.653. The molecule has 5 nitrogen and oxygen atoms in total. The van der Waals surface area contributed by atoms with Crippen LogP contribution in [0.25, 0.3) is 0 Å². The summed E-state index contributed by atoms with van der Waals surface area (Å²) >= 11 is 0. The molecular weight excluding hydrogens is 326 g/mol. The second kappa shape index (κ2) is 10.9. The minimum Gasteiger partial charge on any atom is -0.353 e. The Bertz CT molecular complexity index is 398. The molecule has 4 N–H and O–H groups in total. The minimum absolute atomic E-state index is 0. The lowest BCUT2D eigenvalue weighted by atomic mass is 9.88. The van der Waals surface area contributed by atoms with E-state index in [1.54, 1.807) is 0 Å². The first-order chi connectivity index (χ1) is 10.8. The summed E-state index contributed by atoms with van der Waals surface area (Å²) in [5.41, 5.74) is 5.45. The van der Waals surface area contributed by atoms with Crippen molar-refractivity contribution in [3.63, 3.8) is 0 Å². The molecule has 0 radical (unpaired) electrons. The van der Waals surface area contributed by atoms with Gasteiger partial charge in [0.2, 0.25) is 11.8 Å². The van der Waals surface area contributed by atoms with Crippen LogP contribution < -0.4 is 16.4 Å². The summed E-state index contributed by atoms with van der Waals surface area (Å²) in [6.07, 6.45) is 6.60. The first-order valence-corrected chi connectivity index (χ1v) is 9.07. The summed E-state index contributed by atoms with van der Waals surface area (Å²) in [6.45, 7) is 8.53. The number of carbonyl (C=O) groups excluding carboxylic acids is 2. The van der Waals surface area contributed by atoms with E-state index in [0.29, 0.717) is 18.9 Å². The van der Waals surface area contributed by atoms with Crippen molar-refractivity contribution in [2.24, 2.45) is 17.6 Å². The number of amides is 2. The largest absolute Gasteiger partial charge is 0.353 e. The van der Waals surface area contributed by atoms with E-state index in [4.69, 9.17) is 5.73 Å². The van der Waals surface area contributed by atoms with Gasteiger partial charge in [0.1, 0.15) is 0 Å². The summed E-state index contributed by atoms with van der Waals surface area (Å²) in [7, 11) is 0. The summed E-state index contributed by atoms with van der Waals surface area (Å²) < 4.78 is 0. The highest BCUT2D eigenvalue weighted by Crippen LogP contribution is 2.23. The van der Waals surface area contributed by atoms with Gasteiger partial charge in [-0.2, -0.15) is 0 Å². The third-order valence-electron chi connectivity index (χ3n) is 4.61. The van der Waals surface area contributed by atoms with Crippen molar-refractivity contribution >= 4 is 24.2 Å². The number of nitrogens with one attached hydrogen (secondary N) is 2. The van der Waals surface area contributed by atoms with Crippen LogP contribution in [0.15, 0.2) is 0 Å². The van der Waals surface area contributed by atoms with E-state index in [-0.39, 0.29) is 41.7 Å². The van der Waals surface area contributed by atoms with Gasteiger partial charge in [-0.3, -0.25) is 9.59 Å². The Morgan fingerprint density at radius 1 is 1.17 bits per heavy atom. The van der Waals surface area contributed by atoms with Crippen LogP contribution in [0, 0.1) is 11.8 Å². The number of hydrogen-bond acceptors (Lipinski definition) is 3. The molecule has 1 fully saturated rings. The van der Waals surface area contributed by atoms with Gasteiger partial charge in [-0.25, -0.2) is 0 Å². The van der Waals surface area contributed by atoms with Gasteiger partial charge < -0.3 is 16.4 Å². The molecule has 2 amide bonds. The van der Waals surface area contributed by atoms with Crippen molar-refractivity contribution in [1.29, 1.82) is 0 Å². The number of rotatable bonds is 8. The van der Waals surface area contributed by atoms with Crippen molar-refractivity contribution in [2.75, 3.05) is 6.54 Å². The van der Waals surface area contributed by atoms with Gasteiger partial charge in [-0.05, 0) is 39.0 Å². The Labute approximate surface area is 153 Å². The minimum atomic E-state index is -0.377. The van der Waals surface area contributed by atoms with Crippen molar-refractivity contribution in [3.8, 4) is 0 Å². The summed E-state index contributed by atoms with van der Waals surface area (Å²) in [5, 5.41) is 6.04. The van der Waals surface area contributed by atoms with Crippen molar-refractivity contribution < 1.29 is 9.59 Å². The van der Waals surface area contributed by atoms with Gasteiger partial charge >= 0.3 is 0 Å². The molecule has 24 heavy (non-hydrogen) atoms. The first kappa shape index (κ1) is 23.2. The van der Waals surface area contributed by atoms with E-state index >= 15 is 0 Å². The van der Waals surface area contributed by atoms with E-state index in [0.717, 1.165) is 32.1 Å². The maximum absolute atomic E-state index is 12.2. The smallest absolute Gasteiger partial charge is 0.223 e. The second-order valence-electron chi connectivity index (χ2n) is 7.86. The molecule has 6 heteroatoms. The van der Waals surface area contributed by atoms with Crippen molar-refractivity contribution in [1.82, 2.24) is 10.6 Å². The predicted octanol–water partition coefficient (Wildman–Crippen LogP) is 2.76. The molecule has 0 aromatic rings. The van der Waals surface area contributed by atoms with Crippen LogP contribution in [0.2, 0.25) is 0 Å². The molecule has 0 spiro atoms.